The lowest BCUT2D eigenvalue weighted by molar-refractivity contribution is -0.129. The van der Waals surface area contributed by atoms with Crippen LogP contribution in [0.5, 0.6) is 0 Å². The van der Waals surface area contributed by atoms with Gasteiger partial charge in [-0.1, -0.05) is 17.7 Å². The van der Waals surface area contributed by atoms with Gasteiger partial charge in [-0.3, -0.25) is 9.59 Å². The Balaban J connectivity index is 1.87. The van der Waals surface area contributed by atoms with Gasteiger partial charge in [0, 0.05) is 31.6 Å². The SMILES string of the molecule is CC(=O)N1CCC(NC(=O)c2ccc(C)cc2)CC1. The first-order valence-electron chi connectivity index (χ1n) is 6.69. The molecule has 1 saturated heterocycles. The molecule has 0 aromatic heterocycles. The van der Waals surface area contributed by atoms with E-state index in [1.807, 2.05) is 36.1 Å². The Kier molecular flexibility index (Phi) is 4.20. The predicted octanol–water partition coefficient (Wildman–Crippen LogP) is 1.74. The molecule has 0 saturated carbocycles. The van der Waals surface area contributed by atoms with Crippen LogP contribution in [0.4, 0.5) is 0 Å². The highest BCUT2D eigenvalue weighted by Crippen LogP contribution is 2.11. The summed E-state index contributed by atoms with van der Waals surface area (Å²) in [5.74, 6) is 0.0876. The predicted molar refractivity (Wildman–Crippen MR) is 73.9 cm³/mol. The highest BCUT2D eigenvalue weighted by Gasteiger charge is 2.22. The van der Waals surface area contributed by atoms with Crippen molar-refractivity contribution >= 4 is 11.8 Å². The molecule has 2 amide bonds. The summed E-state index contributed by atoms with van der Waals surface area (Å²) in [7, 11) is 0. The van der Waals surface area contributed by atoms with Crippen LogP contribution in [0.15, 0.2) is 24.3 Å². The first kappa shape index (κ1) is 13.6. The van der Waals surface area contributed by atoms with E-state index in [1.165, 1.54) is 0 Å². The maximum Gasteiger partial charge on any atom is 0.251 e. The molecule has 1 aliphatic heterocycles. The third-order valence-electron chi connectivity index (χ3n) is 3.59. The molecule has 0 radical (unpaired) electrons. The smallest absolute Gasteiger partial charge is 0.251 e. The van der Waals surface area contributed by atoms with Crippen molar-refractivity contribution in [3.05, 3.63) is 35.4 Å². The summed E-state index contributed by atoms with van der Waals surface area (Å²) in [6.45, 7) is 5.05. The van der Waals surface area contributed by atoms with Gasteiger partial charge in [0.15, 0.2) is 0 Å². The summed E-state index contributed by atoms with van der Waals surface area (Å²) in [5.41, 5.74) is 1.84. The standard InChI is InChI=1S/C15H20N2O2/c1-11-3-5-13(6-4-11)15(19)16-14-7-9-17(10-8-14)12(2)18/h3-6,14H,7-10H2,1-2H3,(H,16,19). The zero-order valence-electron chi connectivity index (χ0n) is 11.5. The molecule has 1 heterocycles. The molecule has 0 atom stereocenters. The summed E-state index contributed by atoms with van der Waals surface area (Å²) in [5, 5.41) is 3.04. The minimum atomic E-state index is -0.0266. The number of carbonyl (C=O) groups is 2. The second-order valence-corrected chi connectivity index (χ2v) is 5.12. The molecule has 2 rings (SSSR count). The number of hydrogen-bond donors (Lipinski definition) is 1. The van der Waals surface area contributed by atoms with Crippen molar-refractivity contribution in [2.75, 3.05) is 13.1 Å². The Morgan fingerprint density at radius 1 is 1.16 bits per heavy atom. The van der Waals surface area contributed by atoms with Gasteiger partial charge in [0.2, 0.25) is 5.91 Å². The monoisotopic (exact) mass is 260 g/mol. The van der Waals surface area contributed by atoms with Crippen LogP contribution in [-0.4, -0.2) is 35.8 Å². The van der Waals surface area contributed by atoms with E-state index < -0.39 is 0 Å². The molecule has 4 heteroatoms. The normalized spacial score (nSPS) is 16.2. The molecule has 102 valence electrons. The van der Waals surface area contributed by atoms with Crippen molar-refractivity contribution in [2.24, 2.45) is 0 Å². The van der Waals surface area contributed by atoms with Crippen LogP contribution in [0.1, 0.15) is 35.7 Å². The van der Waals surface area contributed by atoms with E-state index in [0.717, 1.165) is 31.5 Å². The maximum atomic E-state index is 12.0. The average molecular weight is 260 g/mol. The number of piperidine rings is 1. The van der Waals surface area contributed by atoms with Gasteiger partial charge in [-0.15, -0.1) is 0 Å². The number of hydrogen-bond acceptors (Lipinski definition) is 2. The summed E-state index contributed by atoms with van der Waals surface area (Å²) in [6.07, 6.45) is 1.66. The van der Waals surface area contributed by atoms with E-state index in [2.05, 4.69) is 5.32 Å². The van der Waals surface area contributed by atoms with Crippen molar-refractivity contribution in [3.8, 4) is 0 Å². The molecule has 1 N–H and O–H groups in total. The highest BCUT2D eigenvalue weighted by atomic mass is 16.2. The minimum absolute atomic E-state index is 0.0266. The molecule has 1 aromatic carbocycles. The molecule has 4 nitrogen and oxygen atoms in total. The zero-order valence-corrected chi connectivity index (χ0v) is 11.5. The van der Waals surface area contributed by atoms with Crippen molar-refractivity contribution in [1.82, 2.24) is 10.2 Å². The van der Waals surface area contributed by atoms with Gasteiger partial charge < -0.3 is 10.2 Å². The fraction of sp³-hybridized carbons (Fsp3) is 0.467. The molecule has 1 aliphatic rings. The maximum absolute atomic E-state index is 12.0. The Morgan fingerprint density at radius 2 is 1.74 bits per heavy atom. The van der Waals surface area contributed by atoms with E-state index in [1.54, 1.807) is 6.92 Å². The summed E-state index contributed by atoms with van der Waals surface area (Å²) >= 11 is 0. The molecule has 0 unspecified atom stereocenters. The van der Waals surface area contributed by atoms with Crippen LogP contribution in [0, 0.1) is 6.92 Å². The lowest BCUT2D eigenvalue weighted by atomic mass is 10.0. The van der Waals surface area contributed by atoms with Crippen LogP contribution in [0.3, 0.4) is 0 Å². The largest absolute Gasteiger partial charge is 0.349 e. The third-order valence-corrected chi connectivity index (χ3v) is 3.59. The van der Waals surface area contributed by atoms with Crippen LogP contribution in [0.25, 0.3) is 0 Å². The van der Waals surface area contributed by atoms with Crippen molar-refractivity contribution < 1.29 is 9.59 Å². The lowest BCUT2D eigenvalue weighted by Gasteiger charge is -2.31. The van der Waals surface area contributed by atoms with E-state index in [9.17, 15) is 9.59 Å². The summed E-state index contributed by atoms with van der Waals surface area (Å²) in [6, 6.07) is 7.73. The summed E-state index contributed by atoms with van der Waals surface area (Å²) < 4.78 is 0. The molecule has 1 fully saturated rings. The number of rotatable bonds is 2. The fourth-order valence-electron chi connectivity index (χ4n) is 2.31. The number of benzene rings is 1. The van der Waals surface area contributed by atoms with Crippen LogP contribution >= 0.6 is 0 Å². The van der Waals surface area contributed by atoms with Gasteiger partial charge in [-0.05, 0) is 31.9 Å². The number of aryl methyl sites for hydroxylation is 1. The second-order valence-electron chi connectivity index (χ2n) is 5.12. The first-order chi connectivity index (χ1) is 9.06. The van der Waals surface area contributed by atoms with Crippen molar-refractivity contribution in [2.45, 2.75) is 32.7 Å². The molecule has 19 heavy (non-hydrogen) atoms. The third kappa shape index (κ3) is 3.56. The number of carbonyl (C=O) groups excluding carboxylic acids is 2. The van der Waals surface area contributed by atoms with Crippen LogP contribution in [0.2, 0.25) is 0 Å². The van der Waals surface area contributed by atoms with E-state index in [-0.39, 0.29) is 17.9 Å². The Hall–Kier alpha value is -1.84. The van der Waals surface area contributed by atoms with Gasteiger partial charge in [0.05, 0.1) is 0 Å². The van der Waals surface area contributed by atoms with Crippen molar-refractivity contribution in [3.63, 3.8) is 0 Å². The quantitative estimate of drug-likeness (QED) is 0.880. The van der Waals surface area contributed by atoms with Gasteiger partial charge >= 0.3 is 0 Å². The minimum Gasteiger partial charge on any atom is -0.349 e. The molecule has 0 aliphatic carbocycles. The van der Waals surface area contributed by atoms with Gasteiger partial charge in [0.1, 0.15) is 0 Å². The van der Waals surface area contributed by atoms with Gasteiger partial charge in [-0.25, -0.2) is 0 Å². The molecule has 0 spiro atoms. The Morgan fingerprint density at radius 3 is 2.26 bits per heavy atom. The van der Waals surface area contributed by atoms with E-state index in [4.69, 9.17) is 0 Å². The Bertz CT molecular complexity index is 460. The average Bonchev–Trinajstić information content (AvgIpc) is 2.40. The number of nitrogens with zero attached hydrogens (tertiary/aromatic N) is 1. The highest BCUT2D eigenvalue weighted by molar-refractivity contribution is 5.94. The van der Waals surface area contributed by atoms with E-state index >= 15 is 0 Å². The zero-order chi connectivity index (χ0) is 13.8. The van der Waals surface area contributed by atoms with Gasteiger partial charge in [-0.2, -0.15) is 0 Å². The number of nitrogens with one attached hydrogen (secondary N) is 1. The molecule has 1 aromatic rings. The first-order valence-corrected chi connectivity index (χ1v) is 6.69. The lowest BCUT2D eigenvalue weighted by Crippen LogP contribution is -2.45. The fourth-order valence-corrected chi connectivity index (χ4v) is 2.31. The van der Waals surface area contributed by atoms with Crippen LogP contribution in [-0.2, 0) is 4.79 Å². The Labute approximate surface area is 113 Å². The van der Waals surface area contributed by atoms with Crippen LogP contribution < -0.4 is 5.32 Å². The number of likely N-dealkylation sites (tertiary alicyclic amines) is 1. The molecular formula is C15H20N2O2. The molecule has 0 bridgehead atoms. The van der Waals surface area contributed by atoms with Crippen molar-refractivity contribution in [1.29, 1.82) is 0 Å². The van der Waals surface area contributed by atoms with E-state index in [0.29, 0.717) is 5.56 Å². The van der Waals surface area contributed by atoms with Gasteiger partial charge in [0.25, 0.3) is 5.91 Å². The topological polar surface area (TPSA) is 49.4 Å². The summed E-state index contributed by atoms with van der Waals surface area (Å²) in [4.78, 5) is 25.1. The molecular weight excluding hydrogens is 240 g/mol. The number of amides is 2. The second kappa shape index (κ2) is 5.87.